The Bertz CT molecular complexity index is 1060. The molecule has 3 rings (SSSR count). The lowest BCUT2D eigenvalue weighted by Gasteiger charge is -2.11. The summed E-state index contributed by atoms with van der Waals surface area (Å²) >= 11 is 1.27. The summed E-state index contributed by atoms with van der Waals surface area (Å²) in [4.78, 5) is 24.9. The number of hydrogen-bond donors (Lipinski definition) is 1. The number of carbonyl (C=O) groups is 1. The van der Waals surface area contributed by atoms with E-state index in [0.717, 1.165) is 17.8 Å². The zero-order valence-corrected chi connectivity index (χ0v) is 16.6. The maximum Gasteiger partial charge on any atom is 0.282 e. The first kappa shape index (κ1) is 19.8. The van der Waals surface area contributed by atoms with E-state index in [-0.39, 0.29) is 17.3 Å². The highest BCUT2D eigenvalue weighted by molar-refractivity contribution is 7.15. The van der Waals surface area contributed by atoms with E-state index in [1.54, 1.807) is 19.1 Å². The standard InChI is InChI=1S/C19H20FN5O2S/c1-4-12(5-2)18-22-23-19(28-18)21-17(27)16-15(26)10-11(3)25(24-16)14-9-7-6-8-13(14)20/h6-10,12H,4-5H2,1-3H3,(H,21,23,27). The first-order valence-electron chi connectivity index (χ1n) is 8.95. The van der Waals surface area contributed by atoms with E-state index in [4.69, 9.17) is 0 Å². The molecule has 2 aromatic heterocycles. The zero-order chi connectivity index (χ0) is 20.3. The lowest BCUT2D eigenvalue weighted by Crippen LogP contribution is -2.27. The van der Waals surface area contributed by atoms with Crippen molar-refractivity contribution in [3.63, 3.8) is 0 Å². The molecular formula is C19H20FN5O2S. The molecule has 1 amide bonds. The minimum absolute atomic E-state index is 0.154. The summed E-state index contributed by atoms with van der Waals surface area (Å²) in [6.45, 7) is 5.75. The van der Waals surface area contributed by atoms with Crippen LogP contribution in [0.2, 0.25) is 0 Å². The highest BCUT2D eigenvalue weighted by Crippen LogP contribution is 2.28. The van der Waals surface area contributed by atoms with E-state index >= 15 is 0 Å². The number of rotatable bonds is 6. The third kappa shape index (κ3) is 3.99. The number of para-hydroxylation sites is 1. The molecule has 0 fully saturated rings. The van der Waals surface area contributed by atoms with Crippen LogP contribution >= 0.6 is 11.3 Å². The van der Waals surface area contributed by atoms with Crippen molar-refractivity contribution in [3.8, 4) is 5.69 Å². The van der Waals surface area contributed by atoms with Crippen molar-refractivity contribution in [2.45, 2.75) is 39.5 Å². The second kappa shape index (κ2) is 8.39. The number of halogens is 1. The number of nitrogens with one attached hydrogen (secondary N) is 1. The van der Waals surface area contributed by atoms with Crippen LogP contribution in [0.15, 0.2) is 35.1 Å². The Labute approximate surface area is 165 Å². The molecule has 0 radical (unpaired) electrons. The molecule has 1 aromatic carbocycles. The Kier molecular flexibility index (Phi) is 5.93. The van der Waals surface area contributed by atoms with Gasteiger partial charge >= 0.3 is 0 Å². The number of benzene rings is 1. The van der Waals surface area contributed by atoms with Crippen molar-refractivity contribution < 1.29 is 9.18 Å². The van der Waals surface area contributed by atoms with E-state index in [0.29, 0.717) is 10.8 Å². The molecule has 9 heteroatoms. The van der Waals surface area contributed by atoms with Crippen LogP contribution in [-0.4, -0.2) is 25.9 Å². The van der Waals surface area contributed by atoms with Crippen LogP contribution in [0, 0.1) is 12.7 Å². The number of nitrogens with zero attached hydrogens (tertiary/aromatic N) is 4. The van der Waals surface area contributed by atoms with E-state index < -0.39 is 17.2 Å². The van der Waals surface area contributed by atoms with Crippen LogP contribution in [0.1, 0.15) is 53.8 Å². The highest BCUT2D eigenvalue weighted by Gasteiger charge is 2.19. The van der Waals surface area contributed by atoms with E-state index in [1.807, 2.05) is 0 Å². The summed E-state index contributed by atoms with van der Waals surface area (Å²) in [5.41, 5.74) is -0.319. The molecule has 0 aliphatic rings. The molecule has 146 valence electrons. The fourth-order valence-electron chi connectivity index (χ4n) is 2.82. The maximum absolute atomic E-state index is 14.1. The van der Waals surface area contributed by atoms with Gasteiger partial charge in [0.15, 0.2) is 5.69 Å². The van der Waals surface area contributed by atoms with Crippen molar-refractivity contribution in [3.05, 3.63) is 62.8 Å². The summed E-state index contributed by atoms with van der Waals surface area (Å²) in [6, 6.07) is 7.27. The Morgan fingerprint density at radius 3 is 2.64 bits per heavy atom. The minimum Gasteiger partial charge on any atom is -0.295 e. The number of aromatic nitrogens is 4. The largest absolute Gasteiger partial charge is 0.295 e. The van der Waals surface area contributed by atoms with Gasteiger partial charge in [0, 0.05) is 17.7 Å². The van der Waals surface area contributed by atoms with Gasteiger partial charge in [0.25, 0.3) is 5.91 Å². The molecule has 0 aliphatic heterocycles. The third-order valence-corrected chi connectivity index (χ3v) is 5.40. The molecular weight excluding hydrogens is 381 g/mol. The highest BCUT2D eigenvalue weighted by atomic mass is 32.1. The normalized spacial score (nSPS) is 11.0. The van der Waals surface area contributed by atoms with Crippen LogP contribution in [-0.2, 0) is 0 Å². The molecule has 7 nitrogen and oxygen atoms in total. The molecule has 0 saturated carbocycles. The van der Waals surface area contributed by atoms with Gasteiger partial charge in [-0.05, 0) is 31.9 Å². The Morgan fingerprint density at radius 2 is 1.96 bits per heavy atom. The second-order valence-electron chi connectivity index (χ2n) is 6.27. The maximum atomic E-state index is 14.1. The van der Waals surface area contributed by atoms with Gasteiger partial charge < -0.3 is 0 Å². The summed E-state index contributed by atoms with van der Waals surface area (Å²) in [6.07, 6.45) is 1.85. The summed E-state index contributed by atoms with van der Waals surface area (Å²) in [5, 5.41) is 15.9. The van der Waals surface area contributed by atoms with Gasteiger partial charge in [-0.2, -0.15) is 5.10 Å². The molecule has 2 heterocycles. The fourth-order valence-corrected chi connectivity index (χ4v) is 3.82. The molecule has 0 atom stereocenters. The number of hydrogen-bond acceptors (Lipinski definition) is 6. The molecule has 28 heavy (non-hydrogen) atoms. The lowest BCUT2D eigenvalue weighted by atomic mass is 10.1. The van der Waals surface area contributed by atoms with Crippen molar-refractivity contribution in [2.24, 2.45) is 0 Å². The summed E-state index contributed by atoms with van der Waals surface area (Å²) in [7, 11) is 0. The fraction of sp³-hybridized carbons (Fsp3) is 0.316. The average Bonchev–Trinajstić information content (AvgIpc) is 3.12. The number of carbonyl (C=O) groups excluding carboxylic acids is 1. The van der Waals surface area contributed by atoms with Crippen molar-refractivity contribution in [1.29, 1.82) is 0 Å². The first-order valence-corrected chi connectivity index (χ1v) is 9.76. The van der Waals surface area contributed by atoms with Gasteiger partial charge in [-0.3, -0.25) is 14.9 Å². The topological polar surface area (TPSA) is 89.8 Å². The third-order valence-electron chi connectivity index (χ3n) is 4.40. The van der Waals surface area contributed by atoms with Crippen LogP contribution in [0.3, 0.4) is 0 Å². The minimum atomic E-state index is -0.706. The predicted octanol–water partition coefficient (Wildman–Crippen LogP) is 3.69. The average molecular weight is 401 g/mol. The molecule has 3 aromatic rings. The van der Waals surface area contributed by atoms with Crippen LogP contribution in [0.4, 0.5) is 9.52 Å². The molecule has 0 saturated heterocycles. The second-order valence-corrected chi connectivity index (χ2v) is 7.28. The molecule has 1 N–H and O–H groups in total. The molecule has 0 bridgehead atoms. The van der Waals surface area contributed by atoms with E-state index in [9.17, 15) is 14.0 Å². The van der Waals surface area contributed by atoms with Crippen LogP contribution in [0.5, 0.6) is 0 Å². The number of aryl methyl sites for hydroxylation is 1. The van der Waals surface area contributed by atoms with E-state index in [2.05, 4.69) is 34.5 Å². The molecule has 0 spiro atoms. The monoisotopic (exact) mass is 401 g/mol. The SMILES string of the molecule is CCC(CC)c1nnc(NC(=O)c2nn(-c3ccccc3F)c(C)cc2=O)s1. The molecule has 0 aliphatic carbocycles. The van der Waals surface area contributed by atoms with Gasteiger partial charge in [-0.15, -0.1) is 10.2 Å². The predicted molar refractivity (Wildman–Crippen MR) is 106 cm³/mol. The number of anilines is 1. The summed E-state index contributed by atoms with van der Waals surface area (Å²) in [5.74, 6) is -0.937. The zero-order valence-electron chi connectivity index (χ0n) is 15.8. The van der Waals surface area contributed by atoms with E-state index in [1.165, 1.54) is 34.2 Å². The van der Waals surface area contributed by atoms with Crippen molar-refractivity contribution >= 4 is 22.4 Å². The van der Waals surface area contributed by atoms with Gasteiger partial charge in [-0.25, -0.2) is 9.07 Å². The smallest absolute Gasteiger partial charge is 0.282 e. The molecule has 0 unspecified atom stereocenters. The Hall–Kier alpha value is -2.94. The van der Waals surface area contributed by atoms with Crippen molar-refractivity contribution in [2.75, 3.05) is 5.32 Å². The van der Waals surface area contributed by atoms with Crippen molar-refractivity contribution in [1.82, 2.24) is 20.0 Å². The van der Waals surface area contributed by atoms with Gasteiger partial charge in [0.2, 0.25) is 10.6 Å². The number of amides is 1. The van der Waals surface area contributed by atoms with Crippen LogP contribution in [0.25, 0.3) is 5.69 Å². The quantitative estimate of drug-likeness (QED) is 0.680. The van der Waals surface area contributed by atoms with Gasteiger partial charge in [-0.1, -0.05) is 37.3 Å². The Morgan fingerprint density at radius 1 is 1.25 bits per heavy atom. The van der Waals surface area contributed by atoms with Gasteiger partial charge in [0.05, 0.1) is 0 Å². The first-order chi connectivity index (χ1) is 13.4. The Balaban J connectivity index is 1.91. The van der Waals surface area contributed by atoms with Crippen LogP contribution < -0.4 is 10.7 Å². The van der Waals surface area contributed by atoms with Gasteiger partial charge in [0.1, 0.15) is 16.5 Å². The lowest BCUT2D eigenvalue weighted by molar-refractivity contribution is 0.101. The summed E-state index contributed by atoms with van der Waals surface area (Å²) < 4.78 is 15.4.